The maximum absolute atomic E-state index is 15.0. The third-order valence-corrected chi connectivity index (χ3v) is 11.5. The van der Waals surface area contributed by atoms with Crippen LogP contribution in [0.25, 0.3) is 11.0 Å². The van der Waals surface area contributed by atoms with Gasteiger partial charge in [-0.05, 0) is 37.0 Å². The molecule has 3 amide bonds. The number of halogens is 1. The predicted octanol–water partition coefficient (Wildman–Crippen LogP) is 3.30. The maximum Gasteiger partial charge on any atom is 0.313 e. The highest BCUT2D eigenvalue weighted by molar-refractivity contribution is 9.09. The standard InChI is InChI=1S/C39H47BrN6O8/c1-5-8-18-30(48)41-28(22-52-4)33(24-14-10-9-11-15-24)53-38(51)31-32-36(49)46(25(7-3)21-47)35(39(32)20-26(40)34(31)54-39)37(50)44(19-6-2)23-45-29-17-13-12-16-27(29)42-43-45/h5-6,9-17,25-26,28,31-35,47H,1-2,7-8,18-23H2,3-4H3,(H,41,48)/t25-,26?,28-,31-,32+,33-,34-,35-,39+/m0/s1. The fraction of sp³-hybridized carbons (Fsp3) is 0.487. The Labute approximate surface area is 322 Å². The lowest BCUT2D eigenvalue weighted by atomic mass is 9.70. The average molecular weight is 808 g/mol. The van der Waals surface area contributed by atoms with Gasteiger partial charge in [-0.15, -0.1) is 18.3 Å². The first-order valence-corrected chi connectivity index (χ1v) is 19.1. The number of aromatic nitrogens is 3. The molecule has 3 fully saturated rings. The van der Waals surface area contributed by atoms with Crippen LogP contribution >= 0.6 is 15.9 Å². The van der Waals surface area contributed by atoms with Crippen molar-refractivity contribution in [3.05, 3.63) is 85.5 Å². The Morgan fingerprint density at radius 3 is 2.59 bits per heavy atom. The molecule has 0 aliphatic carbocycles. The van der Waals surface area contributed by atoms with Gasteiger partial charge < -0.3 is 34.4 Å². The van der Waals surface area contributed by atoms with E-state index in [-0.39, 0.29) is 38.6 Å². The fourth-order valence-corrected chi connectivity index (χ4v) is 9.22. The number of nitrogens with zero attached hydrogens (tertiary/aromatic N) is 5. The molecule has 1 unspecified atom stereocenters. The summed E-state index contributed by atoms with van der Waals surface area (Å²) in [6.07, 6.45) is 2.71. The Morgan fingerprint density at radius 1 is 1.17 bits per heavy atom. The summed E-state index contributed by atoms with van der Waals surface area (Å²) in [6.45, 7) is 9.14. The first-order chi connectivity index (χ1) is 26.1. The van der Waals surface area contributed by atoms with E-state index in [0.29, 0.717) is 23.9 Å². The average Bonchev–Trinajstić information content (AvgIpc) is 3.90. The van der Waals surface area contributed by atoms with Crippen molar-refractivity contribution in [2.45, 2.75) is 80.0 Å². The minimum Gasteiger partial charge on any atom is -0.455 e. The van der Waals surface area contributed by atoms with E-state index in [2.05, 4.69) is 44.7 Å². The molecule has 15 heteroatoms. The van der Waals surface area contributed by atoms with Crippen LogP contribution in [0.4, 0.5) is 0 Å². The molecule has 9 atom stereocenters. The molecule has 3 aliphatic rings. The molecule has 6 rings (SSSR count). The number of hydrogen-bond donors (Lipinski definition) is 2. The maximum atomic E-state index is 15.0. The highest BCUT2D eigenvalue weighted by Gasteiger charge is 2.77. The second-order valence-corrected chi connectivity index (χ2v) is 15.1. The number of esters is 1. The molecule has 1 aromatic heterocycles. The van der Waals surface area contributed by atoms with Gasteiger partial charge in [-0.3, -0.25) is 19.2 Å². The number of carbonyl (C=O) groups is 4. The molecule has 3 aliphatic heterocycles. The number of hydrogen-bond acceptors (Lipinski definition) is 10. The summed E-state index contributed by atoms with van der Waals surface area (Å²) in [5.41, 5.74) is 0.571. The van der Waals surface area contributed by atoms with E-state index in [0.717, 1.165) is 5.52 Å². The van der Waals surface area contributed by atoms with E-state index in [9.17, 15) is 24.3 Å². The van der Waals surface area contributed by atoms with Gasteiger partial charge in [0.25, 0.3) is 0 Å². The SMILES string of the molecule is C=CCCC(=O)N[C@@H](COC)[C@@H](OC(=O)[C@@H]1[C@H]2O[C@@]3(CC2Br)[C@H](C(=O)N(CC=C)Cn2nnc4ccccc42)N([C@@H](CC)CO)C(=O)[C@@H]13)c1ccccc1. The van der Waals surface area contributed by atoms with Crippen LogP contribution in [0.15, 0.2) is 79.9 Å². The van der Waals surface area contributed by atoms with Crippen molar-refractivity contribution >= 4 is 50.7 Å². The number of methoxy groups -OCH3 is 1. The van der Waals surface area contributed by atoms with Crippen molar-refractivity contribution in [3.8, 4) is 0 Å². The molecule has 3 saturated heterocycles. The van der Waals surface area contributed by atoms with Crippen LogP contribution in [0.2, 0.25) is 0 Å². The Kier molecular flexibility index (Phi) is 12.3. The third kappa shape index (κ3) is 7.21. The van der Waals surface area contributed by atoms with E-state index in [1.54, 1.807) is 41.1 Å². The van der Waals surface area contributed by atoms with Crippen LogP contribution in [-0.2, 0) is 40.1 Å². The number of allylic oxidation sites excluding steroid dienone is 1. The minimum absolute atomic E-state index is 0.00532. The largest absolute Gasteiger partial charge is 0.455 e. The Bertz CT molecular complexity index is 1850. The van der Waals surface area contributed by atoms with Gasteiger partial charge in [0.15, 0.2) is 0 Å². The van der Waals surface area contributed by atoms with E-state index >= 15 is 0 Å². The number of rotatable bonds is 18. The van der Waals surface area contributed by atoms with E-state index in [1.165, 1.54) is 16.9 Å². The van der Waals surface area contributed by atoms with Crippen LogP contribution in [0.1, 0.15) is 44.3 Å². The molecule has 2 aromatic carbocycles. The molecular weight excluding hydrogens is 760 g/mol. The van der Waals surface area contributed by atoms with Crippen molar-refractivity contribution in [2.24, 2.45) is 11.8 Å². The first kappa shape index (κ1) is 39.3. The zero-order chi connectivity index (χ0) is 38.6. The van der Waals surface area contributed by atoms with Gasteiger partial charge in [-0.2, -0.15) is 0 Å². The van der Waals surface area contributed by atoms with Gasteiger partial charge in [0, 0.05) is 24.9 Å². The lowest BCUT2D eigenvalue weighted by molar-refractivity contribution is -0.163. The lowest BCUT2D eigenvalue weighted by Crippen LogP contribution is -2.59. The lowest BCUT2D eigenvalue weighted by Gasteiger charge is -2.39. The molecule has 2 bridgehead atoms. The van der Waals surface area contributed by atoms with Crippen molar-refractivity contribution in [1.29, 1.82) is 0 Å². The zero-order valence-corrected chi connectivity index (χ0v) is 32.0. The predicted molar refractivity (Wildman–Crippen MR) is 202 cm³/mol. The number of fused-ring (bicyclic) bond motifs is 2. The number of amides is 3. The van der Waals surface area contributed by atoms with Crippen molar-refractivity contribution in [3.63, 3.8) is 0 Å². The summed E-state index contributed by atoms with van der Waals surface area (Å²) in [7, 11) is 1.49. The van der Waals surface area contributed by atoms with Crippen LogP contribution in [0, 0.1) is 11.8 Å². The van der Waals surface area contributed by atoms with E-state index in [1.807, 2.05) is 37.3 Å². The molecule has 0 saturated carbocycles. The van der Waals surface area contributed by atoms with E-state index < -0.39 is 77.0 Å². The van der Waals surface area contributed by atoms with Crippen molar-refractivity contribution < 1.29 is 38.5 Å². The minimum atomic E-state index is -1.42. The number of aliphatic hydroxyl groups is 1. The quantitative estimate of drug-likeness (QED) is 0.111. The molecular formula is C39H47BrN6O8. The Balaban J connectivity index is 1.36. The monoisotopic (exact) mass is 806 g/mol. The number of aliphatic hydroxyl groups excluding tert-OH is 1. The second-order valence-electron chi connectivity index (χ2n) is 13.9. The number of ether oxygens (including phenoxy) is 3. The smallest absolute Gasteiger partial charge is 0.313 e. The molecule has 4 heterocycles. The molecule has 1 spiro atoms. The molecule has 14 nitrogen and oxygen atoms in total. The molecule has 288 valence electrons. The van der Waals surface area contributed by atoms with Gasteiger partial charge in [0.2, 0.25) is 17.7 Å². The van der Waals surface area contributed by atoms with Gasteiger partial charge in [-0.25, -0.2) is 4.68 Å². The number of carbonyl (C=O) groups excluding carboxylic acids is 4. The summed E-state index contributed by atoms with van der Waals surface area (Å²) in [5, 5.41) is 22.0. The number of para-hydroxylation sites is 1. The summed E-state index contributed by atoms with van der Waals surface area (Å²) < 4.78 is 20.2. The van der Waals surface area contributed by atoms with Crippen LogP contribution in [0.5, 0.6) is 0 Å². The highest BCUT2D eigenvalue weighted by Crippen LogP contribution is 2.61. The van der Waals surface area contributed by atoms with Gasteiger partial charge in [-0.1, -0.05) is 82.7 Å². The number of nitrogens with one attached hydrogen (secondary N) is 1. The molecule has 2 N–H and O–H groups in total. The fourth-order valence-electron chi connectivity index (χ4n) is 8.28. The van der Waals surface area contributed by atoms with Crippen LogP contribution < -0.4 is 5.32 Å². The van der Waals surface area contributed by atoms with E-state index in [4.69, 9.17) is 14.2 Å². The van der Waals surface area contributed by atoms with Crippen LogP contribution in [-0.4, -0.2) is 115 Å². The molecule has 54 heavy (non-hydrogen) atoms. The van der Waals surface area contributed by atoms with Crippen molar-refractivity contribution in [2.75, 3.05) is 26.9 Å². The number of likely N-dealkylation sites (tertiary alicyclic amines) is 1. The Hall–Kier alpha value is -4.44. The van der Waals surface area contributed by atoms with Crippen LogP contribution in [0.3, 0.4) is 0 Å². The molecule has 0 radical (unpaired) electrons. The van der Waals surface area contributed by atoms with Gasteiger partial charge in [0.1, 0.15) is 29.9 Å². The first-order valence-electron chi connectivity index (χ1n) is 18.2. The summed E-state index contributed by atoms with van der Waals surface area (Å²) in [5.74, 6) is -4.07. The zero-order valence-electron chi connectivity index (χ0n) is 30.5. The summed E-state index contributed by atoms with van der Waals surface area (Å²) >= 11 is 3.73. The Morgan fingerprint density at radius 2 is 1.91 bits per heavy atom. The second kappa shape index (κ2) is 16.9. The topological polar surface area (TPSA) is 165 Å². The third-order valence-electron chi connectivity index (χ3n) is 10.7. The van der Waals surface area contributed by atoms with Gasteiger partial charge >= 0.3 is 5.97 Å². The highest BCUT2D eigenvalue weighted by atomic mass is 79.9. The van der Waals surface area contributed by atoms with Crippen molar-refractivity contribution in [1.82, 2.24) is 30.1 Å². The number of benzene rings is 2. The van der Waals surface area contributed by atoms with Gasteiger partial charge in [0.05, 0.1) is 48.8 Å². The number of alkyl halides is 1. The summed E-state index contributed by atoms with van der Waals surface area (Å²) in [4.78, 5) is 59.9. The molecule has 3 aromatic rings. The normalized spacial score (nSPS) is 25.9. The summed E-state index contributed by atoms with van der Waals surface area (Å²) in [6, 6.07) is 13.7.